The van der Waals surface area contributed by atoms with Gasteiger partial charge in [0.1, 0.15) is 0 Å². The van der Waals surface area contributed by atoms with Gasteiger partial charge in [-0.25, -0.2) is 0 Å². The fraction of sp³-hybridized carbons (Fsp3) is 0.429. The Bertz CT molecular complexity index is 432. The molecule has 5 heteroatoms. The van der Waals surface area contributed by atoms with Gasteiger partial charge < -0.3 is 16.0 Å². The van der Waals surface area contributed by atoms with Crippen molar-refractivity contribution >= 4 is 17.5 Å². The maximum Gasteiger partial charge on any atom is 0.251 e. The fourth-order valence-electron chi connectivity index (χ4n) is 1.58. The molecule has 0 spiro atoms. The Morgan fingerprint density at radius 2 is 2.00 bits per heavy atom. The maximum absolute atomic E-state index is 11.7. The molecule has 0 unspecified atom stereocenters. The highest BCUT2D eigenvalue weighted by molar-refractivity contribution is 5.97. The summed E-state index contributed by atoms with van der Waals surface area (Å²) >= 11 is 0. The summed E-state index contributed by atoms with van der Waals surface area (Å²) in [4.78, 5) is 23.3. The van der Waals surface area contributed by atoms with E-state index in [0.29, 0.717) is 17.8 Å². The number of nitrogens with one attached hydrogen (secondary N) is 3. The standard InChI is InChI=1S/C14H21N3O2/c1-3-8-15-10-13(18)17-12-7-5-6-11(9-12)14(19)16-4-2/h5-7,9,15H,3-4,8,10H2,1-2H3,(H,16,19)(H,17,18). The molecule has 0 aliphatic rings. The molecule has 1 aromatic rings. The molecule has 104 valence electrons. The number of hydrogen-bond donors (Lipinski definition) is 3. The largest absolute Gasteiger partial charge is 0.352 e. The van der Waals surface area contributed by atoms with Crippen LogP contribution in [0.25, 0.3) is 0 Å². The smallest absolute Gasteiger partial charge is 0.251 e. The van der Waals surface area contributed by atoms with Crippen molar-refractivity contribution in [1.29, 1.82) is 0 Å². The summed E-state index contributed by atoms with van der Waals surface area (Å²) in [6.07, 6.45) is 0.986. The number of benzene rings is 1. The van der Waals surface area contributed by atoms with E-state index in [1.807, 2.05) is 13.8 Å². The highest BCUT2D eigenvalue weighted by Crippen LogP contribution is 2.10. The lowest BCUT2D eigenvalue weighted by Crippen LogP contribution is -2.28. The van der Waals surface area contributed by atoms with Crippen LogP contribution in [0, 0.1) is 0 Å². The summed E-state index contributed by atoms with van der Waals surface area (Å²) in [5, 5.41) is 8.50. The van der Waals surface area contributed by atoms with Crippen LogP contribution in [0.4, 0.5) is 5.69 Å². The first kappa shape index (κ1) is 15.2. The first-order chi connectivity index (χ1) is 9.17. The zero-order valence-electron chi connectivity index (χ0n) is 11.5. The van der Waals surface area contributed by atoms with Crippen LogP contribution >= 0.6 is 0 Å². The zero-order chi connectivity index (χ0) is 14.1. The van der Waals surface area contributed by atoms with Crippen LogP contribution in [0.2, 0.25) is 0 Å². The van der Waals surface area contributed by atoms with E-state index < -0.39 is 0 Å². The predicted molar refractivity (Wildman–Crippen MR) is 76.2 cm³/mol. The number of hydrogen-bond acceptors (Lipinski definition) is 3. The van der Waals surface area contributed by atoms with Crippen molar-refractivity contribution in [2.45, 2.75) is 20.3 Å². The van der Waals surface area contributed by atoms with Crippen molar-refractivity contribution in [3.05, 3.63) is 29.8 Å². The van der Waals surface area contributed by atoms with Gasteiger partial charge in [-0.1, -0.05) is 13.0 Å². The maximum atomic E-state index is 11.7. The van der Waals surface area contributed by atoms with Crippen LogP contribution in [-0.2, 0) is 4.79 Å². The number of rotatable bonds is 7. The van der Waals surface area contributed by atoms with Crippen molar-refractivity contribution in [2.75, 3.05) is 25.0 Å². The van der Waals surface area contributed by atoms with Gasteiger partial charge in [-0.3, -0.25) is 9.59 Å². The molecular formula is C14H21N3O2. The molecule has 1 rings (SSSR count). The van der Waals surface area contributed by atoms with Gasteiger partial charge in [-0.2, -0.15) is 0 Å². The second kappa shape index (κ2) is 8.26. The van der Waals surface area contributed by atoms with Gasteiger partial charge >= 0.3 is 0 Å². The lowest BCUT2D eigenvalue weighted by atomic mass is 10.2. The summed E-state index contributed by atoms with van der Waals surface area (Å²) < 4.78 is 0. The minimum atomic E-state index is -0.136. The summed E-state index contributed by atoms with van der Waals surface area (Å²) in [6, 6.07) is 6.90. The van der Waals surface area contributed by atoms with Gasteiger partial charge in [0, 0.05) is 17.8 Å². The third-order valence-electron chi connectivity index (χ3n) is 2.46. The molecule has 0 aliphatic heterocycles. The van der Waals surface area contributed by atoms with Crippen LogP contribution in [-0.4, -0.2) is 31.4 Å². The minimum Gasteiger partial charge on any atom is -0.352 e. The predicted octanol–water partition coefficient (Wildman–Crippen LogP) is 1.37. The molecule has 2 amide bonds. The van der Waals surface area contributed by atoms with E-state index in [0.717, 1.165) is 13.0 Å². The quantitative estimate of drug-likeness (QED) is 0.651. The summed E-state index contributed by atoms with van der Waals surface area (Å²) in [5.74, 6) is -0.246. The second-order valence-corrected chi connectivity index (χ2v) is 4.17. The van der Waals surface area contributed by atoms with Crippen LogP contribution in [0.3, 0.4) is 0 Å². The van der Waals surface area contributed by atoms with Gasteiger partial charge in [0.15, 0.2) is 0 Å². The SMILES string of the molecule is CCCNCC(=O)Nc1cccc(C(=O)NCC)c1. The van der Waals surface area contributed by atoms with Crippen LogP contribution in [0.5, 0.6) is 0 Å². The second-order valence-electron chi connectivity index (χ2n) is 4.17. The average Bonchev–Trinajstić information content (AvgIpc) is 2.39. The molecule has 3 N–H and O–H groups in total. The molecule has 0 aliphatic carbocycles. The fourth-order valence-corrected chi connectivity index (χ4v) is 1.58. The Morgan fingerprint density at radius 3 is 2.68 bits per heavy atom. The number of carbonyl (C=O) groups is 2. The third-order valence-corrected chi connectivity index (χ3v) is 2.46. The molecule has 0 saturated heterocycles. The number of carbonyl (C=O) groups excluding carboxylic acids is 2. The van der Waals surface area contributed by atoms with Crippen molar-refractivity contribution in [3.8, 4) is 0 Å². The lowest BCUT2D eigenvalue weighted by Gasteiger charge is -2.08. The molecule has 0 saturated carbocycles. The van der Waals surface area contributed by atoms with Gasteiger partial charge in [0.25, 0.3) is 5.91 Å². The van der Waals surface area contributed by atoms with Crippen LogP contribution in [0.1, 0.15) is 30.6 Å². The Labute approximate surface area is 113 Å². The minimum absolute atomic E-state index is 0.110. The molecule has 0 atom stereocenters. The highest BCUT2D eigenvalue weighted by Gasteiger charge is 2.06. The van der Waals surface area contributed by atoms with Gasteiger partial charge in [0.05, 0.1) is 6.54 Å². The van der Waals surface area contributed by atoms with Crippen LogP contribution < -0.4 is 16.0 Å². The third kappa shape index (κ3) is 5.52. The Balaban J connectivity index is 2.56. The first-order valence-electron chi connectivity index (χ1n) is 6.56. The summed E-state index contributed by atoms with van der Waals surface area (Å²) in [7, 11) is 0. The van der Waals surface area contributed by atoms with Crippen molar-refractivity contribution in [2.24, 2.45) is 0 Å². The molecule has 1 aromatic carbocycles. The molecule has 0 bridgehead atoms. The number of anilines is 1. The normalized spacial score (nSPS) is 10.0. The van der Waals surface area contributed by atoms with E-state index in [1.54, 1.807) is 24.3 Å². The lowest BCUT2D eigenvalue weighted by molar-refractivity contribution is -0.115. The van der Waals surface area contributed by atoms with E-state index >= 15 is 0 Å². The Kier molecular flexibility index (Phi) is 6.60. The summed E-state index contributed by atoms with van der Waals surface area (Å²) in [6.45, 7) is 5.57. The van der Waals surface area contributed by atoms with Crippen LogP contribution in [0.15, 0.2) is 24.3 Å². The first-order valence-corrected chi connectivity index (χ1v) is 6.56. The molecule has 0 aromatic heterocycles. The van der Waals surface area contributed by atoms with Crippen molar-refractivity contribution < 1.29 is 9.59 Å². The summed E-state index contributed by atoms with van der Waals surface area (Å²) in [5.41, 5.74) is 1.17. The highest BCUT2D eigenvalue weighted by atomic mass is 16.2. The molecule has 5 nitrogen and oxygen atoms in total. The average molecular weight is 263 g/mol. The van der Waals surface area contributed by atoms with E-state index in [-0.39, 0.29) is 18.4 Å². The van der Waals surface area contributed by atoms with E-state index in [1.165, 1.54) is 0 Å². The molecule has 0 radical (unpaired) electrons. The number of amides is 2. The van der Waals surface area contributed by atoms with Crippen molar-refractivity contribution in [1.82, 2.24) is 10.6 Å². The topological polar surface area (TPSA) is 70.2 Å². The monoisotopic (exact) mass is 263 g/mol. The van der Waals surface area contributed by atoms with Gasteiger partial charge in [-0.05, 0) is 38.1 Å². The molecule has 0 fully saturated rings. The van der Waals surface area contributed by atoms with Gasteiger partial charge in [0.2, 0.25) is 5.91 Å². The van der Waals surface area contributed by atoms with E-state index in [4.69, 9.17) is 0 Å². The van der Waals surface area contributed by atoms with Crippen molar-refractivity contribution in [3.63, 3.8) is 0 Å². The Hall–Kier alpha value is -1.88. The molecule has 0 heterocycles. The zero-order valence-corrected chi connectivity index (χ0v) is 11.5. The van der Waals surface area contributed by atoms with Gasteiger partial charge in [-0.15, -0.1) is 0 Å². The molecule has 19 heavy (non-hydrogen) atoms. The molecular weight excluding hydrogens is 242 g/mol. The Morgan fingerprint density at radius 1 is 1.21 bits per heavy atom. The van der Waals surface area contributed by atoms with E-state index in [2.05, 4.69) is 16.0 Å². The van der Waals surface area contributed by atoms with E-state index in [9.17, 15) is 9.59 Å².